The quantitative estimate of drug-likeness (QED) is 0.438. The van der Waals surface area contributed by atoms with Gasteiger partial charge >= 0.3 is 0 Å². The van der Waals surface area contributed by atoms with E-state index < -0.39 is 0 Å². The molecule has 4 nitrogen and oxygen atoms in total. The maximum absolute atomic E-state index is 5.35. The van der Waals surface area contributed by atoms with Gasteiger partial charge in [-0.1, -0.05) is 0 Å². The lowest BCUT2D eigenvalue weighted by Crippen LogP contribution is -2.47. The molecule has 0 fully saturated rings. The summed E-state index contributed by atoms with van der Waals surface area (Å²) in [6.07, 6.45) is 0. The van der Waals surface area contributed by atoms with Gasteiger partial charge in [-0.2, -0.15) is 0 Å². The van der Waals surface area contributed by atoms with Crippen LogP contribution in [-0.4, -0.2) is 31.3 Å². The van der Waals surface area contributed by atoms with Gasteiger partial charge in [0.15, 0.2) is 6.54 Å². The second kappa shape index (κ2) is 6.37. The molecule has 0 aliphatic rings. The topological polar surface area (TPSA) is 27.7 Å². The summed E-state index contributed by atoms with van der Waals surface area (Å²) < 4.78 is 0. The molecule has 0 unspecified atom stereocenters. The van der Waals surface area contributed by atoms with Crippen LogP contribution in [0.5, 0.6) is 0 Å². The average Bonchev–Trinajstić information content (AvgIpc) is 2.06. The van der Waals surface area contributed by atoms with Crippen LogP contribution in [0.15, 0.2) is 0 Å². The Bertz CT molecular complexity index is 91.5. The van der Waals surface area contributed by atoms with Gasteiger partial charge in [-0.05, 0) is 27.7 Å². The highest BCUT2D eigenvalue weighted by Crippen LogP contribution is 2.10. The number of rotatable bonds is 7. The summed E-state index contributed by atoms with van der Waals surface area (Å²) in [4.78, 5) is 15.9. The maximum Gasteiger partial charge on any atom is 0.175 e. The minimum absolute atomic E-state index is 0.149. The summed E-state index contributed by atoms with van der Waals surface area (Å²) >= 11 is 0. The monoisotopic (exact) mass is 178 g/mol. The SMILES string of the molecule is CCO[N+](CC)(OCC)OCC. The largest absolute Gasteiger partial charge is 0.175 e. The first-order valence-corrected chi connectivity index (χ1v) is 4.56. The van der Waals surface area contributed by atoms with E-state index in [0.717, 1.165) is 0 Å². The van der Waals surface area contributed by atoms with Crippen LogP contribution in [0.2, 0.25) is 0 Å². The van der Waals surface area contributed by atoms with Gasteiger partial charge in [0.2, 0.25) is 0 Å². The van der Waals surface area contributed by atoms with Crippen LogP contribution >= 0.6 is 0 Å². The Morgan fingerprint density at radius 3 is 1.25 bits per heavy atom. The lowest BCUT2D eigenvalue weighted by molar-refractivity contribution is -1.37. The van der Waals surface area contributed by atoms with Gasteiger partial charge in [0, 0.05) is 0 Å². The van der Waals surface area contributed by atoms with Crippen molar-refractivity contribution in [1.82, 2.24) is 0 Å². The predicted octanol–water partition coefficient (Wildman–Crippen LogP) is 1.68. The molecule has 74 valence electrons. The third-order valence-electron chi connectivity index (χ3n) is 1.36. The van der Waals surface area contributed by atoms with Crippen molar-refractivity contribution >= 4 is 0 Å². The summed E-state index contributed by atoms with van der Waals surface area (Å²) in [7, 11) is 0. The summed E-state index contributed by atoms with van der Waals surface area (Å²) in [5.74, 6) is 0. The number of quaternary nitrogens is 1. The molecule has 0 aromatic carbocycles. The first-order valence-electron chi connectivity index (χ1n) is 4.56. The van der Waals surface area contributed by atoms with Crippen molar-refractivity contribution in [3.8, 4) is 0 Å². The molecule has 4 heteroatoms. The molecular weight excluding hydrogens is 158 g/mol. The minimum atomic E-state index is -0.149. The van der Waals surface area contributed by atoms with E-state index in [0.29, 0.717) is 26.4 Å². The normalized spacial score (nSPS) is 12.0. The van der Waals surface area contributed by atoms with Gasteiger partial charge in [-0.15, -0.1) is 14.5 Å². The van der Waals surface area contributed by atoms with E-state index in [-0.39, 0.29) is 4.97 Å². The van der Waals surface area contributed by atoms with Crippen LogP contribution in [0.4, 0.5) is 0 Å². The van der Waals surface area contributed by atoms with Crippen LogP contribution in [0.3, 0.4) is 0 Å². The van der Waals surface area contributed by atoms with E-state index in [1.165, 1.54) is 0 Å². The van der Waals surface area contributed by atoms with E-state index in [1.807, 2.05) is 27.7 Å². The molecule has 0 radical (unpaired) electrons. The van der Waals surface area contributed by atoms with Crippen LogP contribution in [0, 0.1) is 0 Å². The molecule has 0 amide bonds. The number of hydroxylamine groups is 3. The van der Waals surface area contributed by atoms with E-state index in [9.17, 15) is 0 Å². The van der Waals surface area contributed by atoms with E-state index in [2.05, 4.69) is 0 Å². The zero-order valence-corrected chi connectivity index (χ0v) is 8.50. The molecule has 0 aliphatic carbocycles. The first-order chi connectivity index (χ1) is 5.74. The molecule has 0 spiro atoms. The second-order valence-corrected chi connectivity index (χ2v) is 2.18. The fourth-order valence-corrected chi connectivity index (χ4v) is 0.976. The molecule has 0 aromatic heterocycles. The Labute approximate surface area is 74.5 Å². The van der Waals surface area contributed by atoms with Gasteiger partial charge in [-0.25, -0.2) is 0 Å². The zero-order chi connectivity index (χ0) is 9.45. The minimum Gasteiger partial charge on any atom is -0.132 e. The fraction of sp³-hybridized carbons (Fsp3) is 1.00. The number of hydrogen-bond donors (Lipinski definition) is 0. The van der Waals surface area contributed by atoms with E-state index >= 15 is 0 Å². The lowest BCUT2D eigenvalue weighted by atomic mass is 10.8. The summed E-state index contributed by atoms with van der Waals surface area (Å²) in [5, 5.41) is 0. The molecule has 12 heavy (non-hydrogen) atoms. The van der Waals surface area contributed by atoms with Gasteiger partial charge in [0.25, 0.3) is 0 Å². The molecule has 0 bridgehead atoms. The Balaban J connectivity index is 4.06. The summed E-state index contributed by atoms with van der Waals surface area (Å²) in [5.41, 5.74) is 0. The van der Waals surface area contributed by atoms with E-state index in [1.54, 1.807) is 0 Å². The molecule has 0 aliphatic heterocycles. The van der Waals surface area contributed by atoms with Gasteiger partial charge < -0.3 is 0 Å². The molecule has 0 saturated heterocycles. The van der Waals surface area contributed by atoms with Crippen molar-refractivity contribution in [2.24, 2.45) is 0 Å². The van der Waals surface area contributed by atoms with Crippen molar-refractivity contribution in [3.05, 3.63) is 0 Å². The Hall–Kier alpha value is -0.160. The highest BCUT2D eigenvalue weighted by Gasteiger charge is 2.30. The zero-order valence-electron chi connectivity index (χ0n) is 8.50. The van der Waals surface area contributed by atoms with Gasteiger partial charge in [0.1, 0.15) is 19.8 Å². The van der Waals surface area contributed by atoms with Crippen molar-refractivity contribution in [2.75, 3.05) is 26.4 Å². The van der Waals surface area contributed by atoms with E-state index in [4.69, 9.17) is 14.5 Å². The van der Waals surface area contributed by atoms with Crippen LogP contribution in [0.25, 0.3) is 0 Å². The van der Waals surface area contributed by atoms with Crippen LogP contribution < -0.4 is 0 Å². The molecule has 0 atom stereocenters. The summed E-state index contributed by atoms with van der Waals surface area (Å²) in [6.45, 7) is 10.1. The smallest absolute Gasteiger partial charge is 0.132 e. The van der Waals surface area contributed by atoms with Crippen LogP contribution in [-0.2, 0) is 14.5 Å². The third kappa shape index (κ3) is 3.49. The third-order valence-corrected chi connectivity index (χ3v) is 1.36. The first kappa shape index (κ1) is 11.8. The highest BCUT2D eigenvalue weighted by molar-refractivity contribution is 4.05. The Morgan fingerprint density at radius 2 is 1.08 bits per heavy atom. The Morgan fingerprint density at radius 1 is 0.750 bits per heavy atom. The van der Waals surface area contributed by atoms with Crippen LogP contribution in [0.1, 0.15) is 27.7 Å². The fourth-order valence-electron chi connectivity index (χ4n) is 0.976. The van der Waals surface area contributed by atoms with Crippen molar-refractivity contribution in [2.45, 2.75) is 27.7 Å². The highest BCUT2D eigenvalue weighted by atomic mass is 17.2. The molecule has 0 heterocycles. The standard InChI is InChI=1S/C8H20NO3/c1-5-9(10-6-2,11-7-3)12-8-4/h5-8H2,1-4H3/q+1. The number of nitrogens with zero attached hydrogens (tertiary/aromatic N) is 1. The maximum atomic E-state index is 5.35. The Kier molecular flexibility index (Phi) is 6.28. The second-order valence-electron chi connectivity index (χ2n) is 2.18. The van der Waals surface area contributed by atoms with Crippen molar-refractivity contribution < 1.29 is 19.5 Å². The molecule has 0 N–H and O–H groups in total. The molecule has 0 rings (SSSR count). The number of hydrogen-bond acceptors (Lipinski definition) is 3. The lowest BCUT2D eigenvalue weighted by Gasteiger charge is -2.26. The average molecular weight is 178 g/mol. The summed E-state index contributed by atoms with van der Waals surface area (Å²) in [6, 6.07) is 0. The van der Waals surface area contributed by atoms with Gasteiger partial charge in [0.05, 0.1) is 4.97 Å². The molecular formula is C8H20NO3+. The van der Waals surface area contributed by atoms with Gasteiger partial charge in [-0.3, -0.25) is 0 Å². The molecule has 0 saturated carbocycles. The van der Waals surface area contributed by atoms with Crippen molar-refractivity contribution in [1.29, 1.82) is 0 Å². The van der Waals surface area contributed by atoms with Crippen molar-refractivity contribution in [3.63, 3.8) is 0 Å². The molecule has 0 aromatic rings. The predicted molar refractivity (Wildman–Crippen MR) is 45.7 cm³/mol.